The van der Waals surface area contributed by atoms with Crippen LogP contribution in [0.1, 0.15) is 68.1 Å². The van der Waals surface area contributed by atoms with E-state index in [2.05, 4.69) is 4.90 Å². The number of rotatable bonds is 2. The van der Waals surface area contributed by atoms with Crippen LogP contribution in [0.4, 0.5) is 0 Å². The van der Waals surface area contributed by atoms with E-state index in [-0.39, 0.29) is 36.0 Å². The van der Waals surface area contributed by atoms with E-state index in [9.17, 15) is 9.59 Å². The molecule has 6 heteroatoms. The van der Waals surface area contributed by atoms with Crippen LogP contribution in [0.5, 0.6) is 0 Å². The normalized spacial score (nSPS) is 33.7. The zero-order valence-electron chi connectivity index (χ0n) is 17.5. The molecule has 30 heavy (non-hydrogen) atoms. The van der Waals surface area contributed by atoms with Crippen LogP contribution >= 0.6 is 11.6 Å². The molecule has 2 saturated carbocycles. The summed E-state index contributed by atoms with van der Waals surface area (Å²) in [7, 11) is 0. The number of ether oxygens (including phenoxy) is 1. The van der Waals surface area contributed by atoms with Crippen LogP contribution in [0.25, 0.3) is 0 Å². The Morgan fingerprint density at radius 2 is 1.77 bits per heavy atom. The molecule has 2 aliphatic carbocycles. The van der Waals surface area contributed by atoms with E-state index in [1.165, 1.54) is 12.8 Å². The summed E-state index contributed by atoms with van der Waals surface area (Å²) < 4.78 is 5.99. The molecule has 2 saturated heterocycles. The van der Waals surface area contributed by atoms with Gasteiger partial charge in [0, 0.05) is 23.2 Å². The Kier molecular flexibility index (Phi) is 5.76. The van der Waals surface area contributed by atoms with Gasteiger partial charge in [0.1, 0.15) is 6.04 Å². The highest BCUT2D eigenvalue weighted by Crippen LogP contribution is 2.42. The average Bonchev–Trinajstić information content (AvgIpc) is 3.17. The first kappa shape index (κ1) is 20.3. The molecule has 0 aromatic heterocycles. The average molecular weight is 431 g/mol. The first-order valence-corrected chi connectivity index (χ1v) is 12.0. The molecule has 1 aromatic rings. The Bertz CT molecular complexity index is 813. The number of nitrogens with zero attached hydrogens (tertiary/aromatic N) is 2. The first-order chi connectivity index (χ1) is 14.6. The number of hydrogen-bond acceptors (Lipinski definition) is 3. The molecule has 5 nitrogen and oxygen atoms in total. The van der Waals surface area contributed by atoms with Crippen molar-refractivity contribution < 1.29 is 14.3 Å². The Morgan fingerprint density at radius 3 is 2.60 bits per heavy atom. The van der Waals surface area contributed by atoms with Gasteiger partial charge in [-0.25, -0.2) is 0 Å². The summed E-state index contributed by atoms with van der Waals surface area (Å²) in [6, 6.07) is 7.13. The Morgan fingerprint density at radius 1 is 1.00 bits per heavy atom. The van der Waals surface area contributed by atoms with Gasteiger partial charge in [-0.05, 0) is 56.2 Å². The zero-order valence-corrected chi connectivity index (χ0v) is 18.2. The third kappa shape index (κ3) is 3.64. The molecule has 0 N–H and O–H groups in total. The van der Waals surface area contributed by atoms with Gasteiger partial charge in [-0.2, -0.15) is 0 Å². The van der Waals surface area contributed by atoms with Crippen LogP contribution in [0, 0.1) is 5.92 Å². The van der Waals surface area contributed by atoms with Crippen LogP contribution in [-0.4, -0.2) is 59.0 Å². The highest BCUT2D eigenvalue weighted by atomic mass is 35.5. The van der Waals surface area contributed by atoms with Crippen molar-refractivity contribution in [3.05, 3.63) is 34.9 Å². The fraction of sp³-hybridized carbons (Fsp3) is 0.667. The lowest BCUT2D eigenvalue weighted by atomic mass is 9.84. The fourth-order valence-corrected chi connectivity index (χ4v) is 6.50. The molecule has 0 bridgehead atoms. The lowest BCUT2D eigenvalue weighted by Crippen LogP contribution is -2.59. The van der Waals surface area contributed by atoms with E-state index in [0.717, 1.165) is 44.9 Å². The van der Waals surface area contributed by atoms with E-state index >= 15 is 0 Å². The summed E-state index contributed by atoms with van der Waals surface area (Å²) in [6.07, 6.45) is 9.77. The second kappa shape index (κ2) is 8.51. The maximum absolute atomic E-state index is 13.9. The van der Waals surface area contributed by atoms with E-state index in [1.807, 2.05) is 17.0 Å². The first-order valence-electron chi connectivity index (χ1n) is 11.6. The van der Waals surface area contributed by atoms with Crippen LogP contribution in [0.15, 0.2) is 24.3 Å². The third-order valence-corrected chi connectivity index (χ3v) is 7.93. The molecule has 2 amide bonds. The van der Waals surface area contributed by atoms with Gasteiger partial charge in [0.25, 0.3) is 5.91 Å². The summed E-state index contributed by atoms with van der Waals surface area (Å²) in [5.74, 6) is 0.526. The van der Waals surface area contributed by atoms with E-state index in [0.29, 0.717) is 29.7 Å². The van der Waals surface area contributed by atoms with Crippen LogP contribution in [0.3, 0.4) is 0 Å². The molecule has 162 valence electrons. The number of amides is 2. The molecule has 1 aromatic carbocycles. The van der Waals surface area contributed by atoms with Crippen molar-refractivity contribution in [1.29, 1.82) is 0 Å². The Hall–Kier alpha value is -1.59. The second-order valence-corrected chi connectivity index (χ2v) is 9.82. The maximum atomic E-state index is 13.9. The Balaban J connectivity index is 1.44. The Labute approximate surface area is 183 Å². The number of carbonyl (C=O) groups excluding carboxylic acids is 2. The lowest BCUT2D eigenvalue weighted by molar-refractivity contribution is -0.153. The van der Waals surface area contributed by atoms with Gasteiger partial charge in [-0.3, -0.25) is 9.59 Å². The van der Waals surface area contributed by atoms with Crippen molar-refractivity contribution in [3.8, 4) is 0 Å². The number of fused-ring (bicyclic) bond motifs is 2. The highest BCUT2D eigenvalue weighted by molar-refractivity contribution is 6.31. The van der Waals surface area contributed by atoms with E-state index in [4.69, 9.17) is 16.3 Å². The van der Waals surface area contributed by atoms with Crippen molar-refractivity contribution in [2.45, 2.75) is 82.0 Å². The van der Waals surface area contributed by atoms with Gasteiger partial charge in [0.05, 0.1) is 18.8 Å². The van der Waals surface area contributed by atoms with Gasteiger partial charge in [0.2, 0.25) is 5.91 Å². The highest BCUT2D eigenvalue weighted by Gasteiger charge is 2.50. The molecular formula is C24H31ClN2O3. The number of carbonyl (C=O) groups is 2. The zero-order chi connectivity index (χ0) is 20.7. The predicted molar refractivity (Wildman–Crippen MR) is 115 cm³/mol. The minimum Gasteiger partial charge on any atom is -0.374 e. The van der Waals surface area contributed by atoms with Gasteiger partial charge < -0.3 is 14.5 Å². The summed E-state index contributed by atoms with van der Waals surface area (Å²) >= 11 is 6.17. The SMILES string of the molecule is O=C(C1CC2CCCCC2N1C(=O)c1cccc(Cl)c1)N1CCOC2CCCCC21. The summed E-state index contributed by atoms with van der Waals surface area (Å²) in [5, 5.41) is 0.557. The molecule has 4 aliphatic rings. The van der Waals surface area contributed by atoms with Crippen molar-refractivity contribution in [2.24, 2.45) is 5.92 Å². The van der Waals surface area contributed by atoms with E-state index in [1.54, 1.807) is 12.1 Å². The fourth-order valence-electron chi connectivity index (χ4n) is 6.30. The van der Waals surface area contributed by atoms with Gasteiger partial charge >= 0.3 is 0 Å². The van der Waals surface area contributed by atoms with Crippen LogP contribution < -0.4 is 0 Å². The number of benzene rings is 1. The second-order valence-electron chi connectivity index (χ2n) is 9.38. The molecule has 5 atom stereocenters. The molecule has 2 aliphatic heterocycles. The van der Waals surface area contributed by atoms with Crippen molar-refractivity contribution >= 4 is 23.4 Å². The van der Waals surface area contributed by atoms with Gasteiger partial charge in [-0.15, -0.1) is 0 Å². The molecule has 0 spiro atoms. The molecular weight excluding hydrogens is 400 g/mol. The third-order valence-electron chi connectivity index (χ3n) is 7.69. The number of morpholine rings is 1. The largest absolute Gasteiger partial charge is 0.374 e. The quantitative estimate of drug-likeness (QED) is 0.703. The minimum atomic E-state index is -0.356. The van der Waals surface area contributed by atoms with E-state index < -0.39 is 0 Å². The molecule has 4 fully saturated rings. The van der Waals surface area contributed by atoms with Crippen molar-refractivity contribution in [3.63, 3.8) is 0 Å². The summed E-state index contributed by atoms with van der Waals surface area (Å²) in [6.45, 7) is 1.25. The predicted octanol–water partition coefficient (Wildman–Crippen LogP) is 4.28. The monoisotopic (exact) mass is 430 g/mol. The molecule has 2 heterocycles. The number of hydrogen-bond donors (Lipinski definition) is 0. The van der Waals surface area contributed by atoms with Crippen LogP contribution in [0.2, 0.25) is 5.02 Å². The van der Waals surface area contributed by atoms with Crippen molar-refractivity contribution in [2.75, 3.05) is 13.2 Å². The molecule has 5 unspecified atom stereocenters. The lowest BCUT2D eigenvalue weighted by Gasteiger charge is -2.45. The minimum absolute atomic E-state index is 0.0429. The van der Waals surface area contributed by atoms with Crippen molar-refractivity contribution in [1.82, 2.24) is 9.80 Å². The molecule has 5 rings (SSSR count). The molecule has 0 radical (unpaired) electrons. The number of halogens is 1. The summed E-state index contributed by atoms with van der Waals surface area (Å²) in [5.41, 5.74) is 0.587. The van der Waals surface area contributed by atoms with Gasteiger partial charge in [-0.1, -0.05) is 43.4 Å². The smallest absolute Gasteiger partial charge is 0.254 e. The van der Waals surface area contributed by atoms with Crippen LogP contribution in [-0.2, 0) is 9.53 Å². The maximum Gasteiger partial charge on any atom is 0.254 e. The topological polar surface area (TPSA) is 49.9 Å². The standard InChI is InChI=1S/C24H31ClN2O3/c25-18-8-5-7-17(14-18)23(28)27-19-9-2-1-6-16(19)15-21(27)24(29)26-12-13-30-22-11-4-3-10-20(22)26/h5,7-8,14,16,19-22H,1-4,6,9-13,15H2. The number of likely N-dealkylation sites (tertiary alicyclic amines) is 1. The summed E-state index contributed by atoms with van der Waals surface area (Å²) in [4.78, 5) is 31.5. The van der Waals surface area contributed by atoms with Gasteiger partial charge in [0.15, 0.2) is 0 Å².